The Hall–Kier alpha value is -2.18. The van der Waals surface area contributed by atoms with E-state index in [0.717, 1.165) is 22.4 Å². The predicted molar refractivity (Wildman–Crippen MR) is 88.2 cm³/mol. The molecule has 0 radical (unpaired) electrons. The average molecular weight is 296 g/mol. The minimum atomic E-state index is 0.134. The van der Waals surface area contributed by atoms with E-state index in [-0.39, 0.29) is 10.9 Å². The van der Waals surface area contributed by atoms with Gasteiger partial charge in [0.15, 0.2) is 5.12 Å². The number of aromatic hydroxyl groups is 1. The van der Waals surface area contributed by atoms with Crippen LogP contribution in [-0.2, 0) is 4.79 Å². The van der Waals surface area contributed by atoms with Gasteiger partial charge in [-0.3, -0.25) is 4.79 Å². The lowest BCUT2D eigenvalue weighted by atomic mass is 10.0. The molecule has 0 amide bonds. The zero-order chi connectivity index (χ0) is 15.1. The molecule has 106 valence electrons. The molecule has 0 fully saturated rings. The predicted octanol–water partition coefficient (Wildman–Crippen LogP) is 4.08. The van der Waals surface area contributed by atoms with Gasteiger partial charge in [-0.2, -0.15) is 0 Å². The molecule has 21 heavy (non-hydrogen) atoms. The SMILES string of the molecule is CC(=O)SCCC#Cc1ccc(-c2ccc(O)cc2)cc1. The largest absolute Gasteiger partial charge is 0.508 e. The summed E-state index contributed by atoms with van der Waals surface area (Å²) in [6, 6.07) is 15.1. The van der Waals surface area contributed by atoms with E-state index in [1.165, 1.54) is 11.8 Å². The number of hydrogen-bond donors (Lipinski definition) is 1. The van der Waals surface area contributed by atoms with Crippen molar-refractivity contribution in [3.05, 3.63) is 54.1 Å². The van der Waals surface area contributed by atoms with Crippen molar-refractivity contribution in [1.29, 1.82) is 0 Å². The monoisotopic (exact) mass is 296 g/mol. The van der Waals surface area contributed by atoms with Gasteiger partial charge in [0.1, 0.15) is 5.75 Å². The van der Waals surface area contributed by atoms with Crippen LogP contribution in [0.5, 0.6) is 5.75 Å². The fraction of sp³-hybridized carbons (Fsp3) is 0.167. The van der Waals surface area contributed by atoms with Crippen molar-refractivity contribution >= 4 is 16.9 Å². The number of hydrogen-bond acceptors (Lipinski definition) is 3. The second-order valence-electron chi connectivity index (χ2n) is 4.52. The quantitative estimate of drug-likeness (QED) is 0.685. The lowest BCUT2D eigenvalue weighted by Gasteiger charge is -2.01. The Morgan fingerprint density at radius 3 is 2.19 bits per heavy atom. The zero-order valence-electron chi connectivity index (χ0n) is 11.8. The molecule has 0 atom stereocenters. The Balaban J connectivity index is 1.97. The highest BCUT2D eigenvalue weighted by Gasteiger charge is 1.97. The average Bonchev–Trinajstić information content (AvgIpc) is 2.48. The molecule has 0 bridgehead atoms. The third kappa shape index (κ3) is 5.02. The summed E-state index contributed by atoms with van der Waals surface area (Å²) >= 11 is 1.31. The molecule has 0 aromatic heterocycles. The lowest BCUT2D eigenvalue weighted by Crippen LogP contribution is -1.84. The van der Waals surface area contributed by atoms with E-state index < -0.39 is 0 Å². The maximum Gasteiger partial charge on any atom is 0.185 e. The summed E-state index contributed by atoms with van der Waals surface area (Å²) in [5.41, 5.74) is 3.11. The Bertz CT molecular complexity index is 661. The van der Waals surface area contributed by atoms with E-state index in [4.69, 9.17) is 0 Å². The summed E-state index contributed by atoms with van der Waals surface area (Å²) in [6.07, 6.45) is 0.712. The summed E-state index contributed by atoms with van der Waals surface area (Å²) in [4.78, 5) is 10.8. The Morgan fingerprint density at radius 1 is 1.05 bits per heavy atom. The summed E-state index contributed by atoms with van der Waals surface area (Å²) in [6.45, 7) is 1.57. The van der Waals surface area contributed by atoms with E-state index in [1.807, 2.05) is 36.4 Å². The first-order valence-corrected chi connectivity index (χ1v) is 7.65. The van der Waals surface area contributed by atoms with Gasteiger partial charge in [0, 0.05) is 24.7 Å². The molecule has 3 heteroatoms. The third-order valence-electron chi connectivity index (χ3n) is 2.85. The smallest absolute Gasteiger partial charge is 0.185 e. The maximum atomic E-state index is 10.8. The van der Waals surface area contributed by atoms with Crippen LogP contribution in [0.2, 0.25) is 0 Å². The van der Waals surface area contributed by atoms with Crippen molar-refractivity contribution in [3.63, 3.8) is 0 Å². The topological polar surface area (TPSA) is 37.3 Å². The van der Waals surface area contributed by atoms with Crippen molar-refractivity contribution in [2.75, 3.05) is 5.75 Å². The molecule has 2 aromatic rings. The Kier molecular flexibility index (Phi) is 5.48. The van der Waals surface area contributed by atoms with Crippen LogP contribution in [0.3, 0.4) is 0 Å². The molecule has 2 rings (SSSR count). The summed E-state index contributed by atoms with van der Waals surface area (Å²) < 4.78 is 0. The standard InChI is InChI=1S/C18H16O2S/c1-14(19)21-13-3-2-4-15-5-7-16(8-6-15)17-9-11-18(20)12-10-17/h5-12,20H,3,13H2,1H3. The van der Waals surface area contributed by atoms with Crippen LogP contribution in [0.25, 0.3) is 11.1 Å². The first kappa shape index (κ1) is 15.2. The Labute approximate surface area is 129 Å². The van der Waals surface area contributed by atoms with Crippen molar-refractivity contribution in [3.8, 4) is 28.7 Å². The highest BCUT2D eigenvalue weighted by Crippen LogP contribution is 2.21. The zero-order valence-corrected chi connectivity index (χ0v) is 12.6. The second-order valence-corrected chi connectivity index (χ2v) is 5.79. The van der Waals surface area contributed by atoms with E-state index in [2.05, 4.69) is 11.8 Å². The molecule has 0 spiro atoms. The van der Waals surface area contributed by atoms with Crippen molar-refractivity contribution < 1.29 is 9.90 Å². The maximum absolute atomic E-state index is 10.8. The van der Waals surface area contributed by atoms with Crippen LogP contribution in [0.4, 0.5) is 0 Å². The molecule has 0 aliphatic rings. The van der Waals surface area contributed by atoms with Gasteiger partial charge in [0.2, 0.25) is 0 Å². The van der Waals surface area contributed by atoms with Gasteiger partial charge in [0.05, 0.1) is 0 Å². The van der Waals surface area contributed by atoms with Crippen molar-refractivity contribution in [2.45, 2.75) is 13.3 Å². The third-order valence-corrected chi connectivity index (χ3v) is 3.67. The first-order valence-electron chi connectivity index (χ1n) is 6.67. The highest BCUT2D eigenvalue weighted by molar-refractivity contribution is 8.13. The second kappa shape index (κ2) is 7.56. The van der Waals surface area contributed by atoms with Gasteiger partial charge in [-0.15, -0.1) is 0 Å². The van der Waals surface area contributed by atoms with E-state index in [9.17, 15) is 9.90 Å². The van der Waals surface area contributed by atoms with Crippen LogP contribution in [0, 0.1) is 11.8 Å². The van der Waals surface area contributed by atoms with Gasteiger partial charge >= 0.3 is 0 Å². The van der Waals surface area contributed by atoms with Gasteiger partial charge in [-0.25, -0.2) is 0 Å². The number of benzene rings is 2. The number of carbonyl (C=O) groups excluding carboxylic acids is 1. The number of carbonyl (C=O) groups is 1. The van der Waals surface area contributed by atoms with Crippen LogP contribution < -0.4 is 0 Å². The molecular formula is C18H16O2S. The fourth-order valence-corrected chi connectivity index (χ4v) is 2.30. The molecule has 0 heterocycles. The van der Waals surface area contributed by atoms with E-state index >= 15 is 0 Å². The van der Waals surface area contributed by atoms with Gasteiger partial charge < -0.3 is 5.11 Å². The molecule has 0 saturated heterocycles. The summed E-state index contributed by atoms with van der Waals surface area (Å²) in [5.74, 6) is 7.17. The molecule has 2 nitrogen and oxygen atoms in total. The molecule has 0 aliphatic heterocycles. The summed E-state index contributed by atoms with van der Waals surface area (Å²) in [7, 11) is 0. The lowest BCUT2D eigenvalue weighted by molar-refractivity contribution is -0.109. The number of thioether (sulfide) groups is 1. The summed E-state index contributed by atoms with van der Waals surface area (Å²) in [5, 5.41) is 9.42. The van der Waals surface area contributed by atoms with E-state index in [1.54, 1.807) is 19.1 Å². The van der Waals surface area contributed by atoms with Gasteiger partial charge in [0.25, 0.3) is 0 Å². The molecule has 0 saturated carbocycles. The number of phenolic OH excluding ortho intramolecular Hbond substituents is 1. The number of phenols is 1. The molecule has 2 aromatic carbocycles. The minimum Gasteiger partial charge on any atom is -0.508 e. The van der Waals surface area contributed by atoms with Crippen LogP contribution >= 0.6 is 11.8 Å². The Morgan fingerprint density at radius 2 is 1.62 bits per heavy atom. The number of rotatable bonds is 3. The van der Waals surface area contributed by atoms with E-state index in [0.29, 0.717) is 6.42 Å². The van der Waals surface area contributed by atoms with Crippen LogP contribution in [0.15, 0.2) is 48.5 Å². The minimum absolute atomic E-state index is 0.134. The fourth-order valence-electron chi connectivity index (χ4n) is 1.81. The molecule has 0 unspecified atom stereocenters. The first-order chi connectivity index (χ1) is 10.1. The normalized spacial score (nSPS) is 9.76. The highest BCUT2D eigenvalue weighted by atomic mass is 32.2. The van der Waals surface area contributed by atoms with Gasteiger partial charge in [-0.1, -0.05) is 47.9 Å². The van der Waals surface area contributed by atoms with Crippen LogP contribution in [0.1, 0.15) is 18.9 Å². The van der Waals surface area contributed by atoms with Crippen molar-refractivity contribution in [2.24, 2.45) is 0 Å². The van der Waals surface area contributed by atoms with Crippen LogP contribution in [-0.4, -0.2) is 16.0 Å². The molecule has 1 N–H and O–H groups in total. The molecular weight excluding hydrogens is 280 g/mol. The van der Waals surface area contributed by atoms with Crippen molar-refractivity contribution in [1.82, 2.24) is 0 Å². The molecule has 0 aliphatic carbocycles. The van der Waals surface area contributed by atoms with Gasteiger partial charge in [-0.05, 0) is 35.4 Å².